The van der Waals surface area contributed by atoms with Gasteiger partial charge in [-0.05, 0) is 39.0 Å². The Morgan fingerprint density at radius 1 is 1.22 bits per heavy atom. The summed E-state index contributed by atoms with van der Waals surface area (Å²) in [6, 6.07) is 0.122. The molecule has 2 N–H and O–H groups in total. The monoisotopic (exact) mass is 256 g/mol. The summed E-state index contributed by atoms with van der Waals surface area (Å²) in [6.07, 6.45) is 3.83. The maximum atomic E-state index is 11.9. The second kappa shape index (κ2) is 7.24. The number of hydrogen-bond acceptors (Lipinski definition) is 2. The Morgan fingerprint density at radius 3 is 2.28 bits per heavy atom. The van der Waals surface area contributed by atoms with Gasteiger partial charge in [-0.25, -0.2) is 4.79 Å². The average molecular weight is 256 g/mol. The summed E-state index contributed by atoms with van der Waals surface area (Å²) in [5.41, 5.74) is 0. The van der Waals surface area contributed by atoms with Gasteiger partial charge in [-0.15, -0.1) is 0 Å². The number of rotatable bonds is 5. The molecule has 5 nitrogen and oxygen atoms in total. The first-order chi connectivity index (χ1) is 8.58. The van der Waals surface area contributed by atoms with Gasteiger partial charge in [0.25, 0.3) is 0 Å². The van der Waals surface area contributed by atoms with Crippen LogP contribution in [0.25, 0.3) is 0 Å². The van der Waals surface area contributed by atoms with Crippen molar-refractivity contribution in [3.8, 4) is 0 Å². The molecule has 1 aliphatic carbocycles. The molecule has 1 saturated carbocycles. The highest BCUT2D eigenvalue weighted by molar-refractivity contribution is 5.74. The zero-order chi connectivity index (χ0) is 13.5. The topological polar surface area (TPSA) is 69.6 Å². The Kier molecular flexibility index (Phi) is 5.95. The molecule has 104 valence electrons. The van der Waals surface area contributed by atoms with Crippen molar-refractivity contribution >= 4 is 12.0 Å². The minimum Gasteiger partial charge on any atom is -0.481 e. The molecule has 0 radical (unpaired) electrons. The largest absolute Gasteiger partial charge is 0.481 e. The number of aliphatic carboxylic acids is 1. The maximum Gasteiger partial charge on any atom is 0.317 e. The molecule has 0 unspecified atom stereocenters. The van der Waals surface area contributed by atoms with Gasteiger partial charge in [-0.3, -0.25) is 4.79 Å². The standard InChI is InChI=1S/C13H24N2O3/c1-3-9-15(4-2)13(18)14-11-7-5-10(6-8-11)12(16)17/h10-11H,3-9H2,1-2H3,(H,14,18)(H,16,17). The van der Waals surface area contributed by atoms with E-state index in [1.165, 1.54) is 0 Å². The number of carboxylic acids is 1. The first kappa shape index (κ1) is 14.8. The summed E-state index contributed by atoms with van der Waals surface area (Å²) in [6.45, 7) is 5.50. The summed E-state index contributed by atoms with van der Waals surface area (Å²) in [5, 5.41) is 11.9. The quantitative estimate of drug-likeness (QED) is 0.791. The number of carbonyl (C=O) groups excluding carboxylic acids is 1. The average Bonchev–Trinajstić information content (AvgIpc) is 2.36. The number of nitrogens with one attached hydrogen (secondary N) is 1. The zero-order valence-corrected chi connectivity index (χ0v) is 11.3. The normalized spacial score (nSPS) is 23.4. The molecule has 0 saturated heterocycles. The van der Waals surface area contributed by atoms with Crippen molar-refractivity contribution < 1.29 is 14.7 Å². The van der Waals surface area contributed by atoms with Gasteiger partial charge in [0, 0.05) is 19.1 Å². The molecule has 0 heterocycles. The highest BCUT2D eigenvalue weighted by atomic mass is 16.4. The van der Waals surface area contributed by atoms with Gasteiger partial charge in [0.15, 0.2) is 0 Å². The summed E-state index contributed by atoms with van der Waals surface area (Å²) in [5.74, 6) is -0.933. The van der Waals surface area contributed by atoms with E-state index < -0.39 is 5.97 Å². The zero-order valence-electron chi connectivity index (χ0n) is 11.3. The van der Waals surface area contributed by atoms with Crippen molar-refractivity contribution in [2.24, 2.45) is 5.92 Å². The van der Waals surface area contributed by atoms with Crippen molar-refractivity contribution in [2.45, 2.75) is 52.0 Å². The van der Waals surface area contributed by atoms with Gasteiger partial charge in [0.1, 0.15) is 0 Å². The summed E-state index contributed by atoms with van der Waals surface area (Å²) < 4.78 is 0. The molecule has 0 aliphatic heterocycles. The van der Waals surface area contributed by atoms with Gasteiger partial charge in [-0.1, -0.05) is 6.92 Å². The minimum absolute atomic E-state index is 0.0156. The van der Waals surface area contributed by atoms with Crippen LogP contribution in [0.1, 0.15) is 46.0 Å². The highest BCUT2D eigenvalue weighted by Crippen LogP contribution is 2.24. The molecule has 18 heavy (non-hydrogen) atoms. The molecule has 0 aromatic rings. The van der Waals surface area contributed by atoms with Crippen LogP contribution >= 0.6 is 0 Å². The van der Waals surface area contributed by atoms with Crippen LogP contribution in [0.15, 0.2) is 0 Å². The second-order valence-corrected chi connectivity index (χ2v) is 4.92. The van der Waals surface area contributed by atoms with E-state index >= 15 is 0 Å². The molecule has 2 amide bonds. The van der Waals surface area contributed by atoms with Crippen molar-refractivity contribution in [3.63, 3.8) is 0 Å². The third kappa shape index (κ3) is 4.20. The minimum atomic E-state index is -0.707. The molecule has 0 atom stereocenters. The van der Waals surface area contributed by atoms with E-state index in [4.69, 9.17) is 5.11 Å². The third-order valence-electron chi connectivity index (χ3n) is 3.57. The lowest BCUT2D eigenvalue weighted by Gasteiger charge is -2.29. The fourth-order valence-electron chi connectivity index (χ4n) is 2.42. The van der Waals surface area contributed by atoms with Crippen LogP contribution in [0, 0.1) is 5.92 Å². The predicted octanol–water partition coefficient (Wildman–Crippen LogP) is 2.07. The fourth-order valence-corrected chi connectivity index (χ4v) is 2.42. The van der Waals surface area contributed by atoms with Crippen molar-refractivity contribution in [1.29, 1.82) is 0 Å². The molecule has 0 aromatic heterocycles. The lowest BCUT2D eigenvalue weighted by atomic mass is 9.86. The highest BCUT2D eigenvalue weighted by Gasteiger charge is 2.27. The van der Waals surface area contributed by atoms with E-state index in [2.05, 4.69) is 5.32 Å². The Labute approximate surface area is 109 Å². The maximum absolute atomic E-state index is 11.9. The second-order valence-electron chi connectivity index (χ2n) is 4.92. The van der Waals surface area contributed by atoms with E-state index in [1.54, 1.807) is 4.90 Å². The van der Waals surface area contributed by atoms with Crippen molar-refractivity contribution in [2.75, 3.05) is 13.1 Å². The fraction of sp³-hybridized carbons (Fsp3) is 0.846. The summed E-state index contributed by atoms with van der Waals surface area (Å²) >= 11 is 0. The first-order valence-electron chi connectivity index (χ1n) is 6.86. The molecule has 0 bridgehead atoms. The lowest BCUT2D eigenvalue weighted by molar-refractivity contribution is -0.142. The Bertz CT molecular complexity index is 286. The van der Waals surface area contributed by atoms with Crippen molar-refractivity contribution in [3.05, 3.63) is 0 Å². The first-order valence-corrected chi connectivity index (χ1v) is 6.86. The van der Waals surface area contributed by atoms with Gasteiger partial charge >= 0.3 is 12.0 Å². The van der Waals surface area contributed by atoms with Crippen LogP contribution in [0.3, 0.4) is 0 Å². The van der Waals surface area contributed by atoms with Gasteiger partial charge in [-0.2, -0.15) is 0 Å². The SMILES string of the molecule is CCCN(CC)C(=O)NC1CCC(C(=O)O)CC1. The van der Waals surface area contributed by atoms with Crippen LogP contribution in [-0.2, 0) is 4.79 Å². The van der Waals surface area contributed by atoms with Gasteiger partial charge in [0.2, 0.25) is 0 Å². The van der Waals surface area contributed by atoms with E-state index in [0.29, 0.717) is 19.4 Å². The number of nitrogens with zero attached hydrogens (tertiary/aromatic N) is 1. The van der Waals surface area contributed by atoms with Crippen LogP contribution in [0.4, 0.5) is 4.79 Å². The third-order valence-corrected chi connectivity index (χ3v) is 3.57. The molecule has 0 aromatic carbocycles. The molecule has 1 fully saturated rings. The number of hydrogen-bond donors (Lipinski definition) is 2. The molecule has 1 aliphatic rings. The number of carboxylic acid groups (broad SMARTS) is 1. The lowest BCUT2D eigenvalue weighted by Crippen LogP contribution is -2.46. The van der Waals surface area contributed by atoms with Crippen LogP contribution in [0.5, 0.6) is 0 Å². The Morgan fingerprint density at radius 2 is 1.83 bits per heavy atom. The predicted molar refractivity (Wildman–Crippen MR) is 69.5 cm³/mol. The Hall–Kier alpha value is -1.26. The van der Waals surface area contributed by atoms with Crippen LogP contribution in [0.2, 0.25) is 0 Å². The van der Waals surface area contributed by atoms with E-state index in [0.717, 1.165) is 25.8 Å². The van der Waals surface area contributed by atoms with Crippen molar-refractivity contribution in [1.82, 2.24) is 10.2 Å². The number of carbonyl (C=O) groups is 2. The Balaban J connectivity index is 2.35. The molecular formula is C13H24N2O3. The summed E-state index contributed by atoms with van der Waals surface area (Å²) in [4.78, 5) is 24.6. The van der Waals surface area contributed by atoms with E-state index in [-0.39, 0.29) is 18.0 Å². The van der Waals surface area contributed by atoms with E-state index in [9.17, 15) is 9.59 Å². The molecule has 5 heteroatoms. The number of urea groups is 1. The summed E-state index contributed by atoms with van der Waals surface area (Å²) in [7, 11) is 0. The molecule has 0 spiro atoms. The van der Waals surface area contributed by atoms with Crippen LogP contribution < -0.4 is 5.32 Å². The number of amides is 2. The molecule has 1 rings (SSSR count). The smallest absolute Gasteiger partial charge is 0.317 e. The van der Waals surface area contributed by atoms with Gasteiger partial charge < -0.3 is 15.3 Å². The van der Waals surface area contributed by atoms with E-state index in [1.807, 2.05) is 13.8 Å². The van der Waals surface area contributed by atoms with Crippen LogP contribution in [-0.4, -0.2) is 41.1 Å². The molecular weight excluding hydrogens is 232 g/mol. The van der Waals surface area contributed by atoms with Gasteiger partial charge in [0.05, 0.1) is 5.92 Å².